The first kappa shape index (κ1) is 16.1. The van der Waals surface area contributed by atoms with Gasteiger partial charge in [-0.1, -0.05) is 0 Å². The Morgan fingerprint density at radius 1 is 1.19 bits per heavy atom. The minimum Gasteiger partial charge on any atom is -0.330 e. The maximum absolute atomic E-state index is 12.5. The molecular formula is C14H16ClF3N2O. The van der Waals surface area contributed by atoms with Gasteiger partial charge in [0.05, 0.1) is 11.1 Å². The Hall–Kier alpha value is -1.27. The summed E-state index contributed by atoms with van der Waals surface area (Å²) in [7, 11) is 0. The molecule has 1 amide bonds. The molecule has 0 atom stereocenters. The van der Waals surface area contributed by atoms with Crippen LogP contribution in [0.15, 0.2) is 24.3 Å². The molecule has 0 unspecified atom stereocenters. The molecule has 1 aromatic rings. The molecule has 1 N–H and O–H groups in total. The number of alkyl halides is 3. The Balaban J connectivity index is 0.00000161. The lowest BCUT2D eigenvalue weighted by Gasteiger charge is -2.37. The van der Waals surface area contributed by atoms with Crippen molar-refractivity contribution < 1.29 is 18.0 Å². The largest absolute Gasteiger partial charge is 0.416 e. The second kappa shape index (κ2) is 5.50. The molecule has 1 aromatic carbocycles. The Labute approximate surface area is 126 Å². The standard InChI is InChI=1S/C14H15F3N2O.ClH/c15-14(16,17)11-3-1-10(2-4-11)12(20)19-8-7-18-9-13(19)5-6-13;/h1-4,18H,5-9H2;1H. The molecule has 0 bridgehead atoms. The fraction of sp³-hybridized carbons (Fsp3) is 0.500. The maximum Gasteiger partial charge on any atom is 0.416 e. The normalized spacial score (nSPS) is 20.0. The molecule has 3 rings (SSSR count). The third kappa shape index (κ3) is 3.01. The molecule has 21 heavy (non-hydrogen) atoms. The van der Waals surface area contributed by atoms with Gasteiger partial charge < -0.3 is 10.2 Å². The summed E-state index contributed by atoms with van der Waals surface area (Å²) in [6.45, 7) is 2.12. The van der Waals surface area contributed by atoms with E-state index >= 15 is 0 Å². The predicted octanol–water partition coefficient (Wildman–Crippen LogP) is 2.71. The van der Waals surface area contributed by atoms with Crippen molar-refractivity contribution in [2.45, 2.75) is 24.6 Å². The van der Waals surface area contributed by atoms with Crippen LogP contribution in [-0.2, 0) is 6.18 Å². The van der Waals surface area contributed by atoms with Crippen LogP contribution in [0, 0.1) is 0 Å². The SMILES string of the molecule is Cl.O=C(c1ccc(C(F)(F)F)cc1)N1CCNCC12CC2. The first-order valence-corrected chi connectivity index (χ1v) is 6.62. The van der Waals surface area contributed by atoms with E-state index in [2.05, 4.69) is 5.32 Å². The first-order chi connectivity index (χ1) is 9.42. The van der Waals surface area contributed by atoms with Gasteiger partial charge in [-0.25, -0.2) is 0 Å². The molecule has 1 heterocycles. The topological polar surface area (TPSA) is 32.3 Å². The summed E-state index contributed by atoms with van der Waals surface area (Å²) in [6.07, 6.45) is -2.44. The van der Waals surface area contributed by atoms with Gasteiger partial charge in [-0.05, 0) is 37.1 Å². The molecule has 0 radical (unpaired) electrons. The first-order valence-electron chi connectivity index (χ1n) is 6.62. The fourth-order valence-electron chi connectivity index (χ4n) is 2.71. The summed E-state index contributed by atoms with van der Waals surface area (Å²) in [5.74, 6) is -0.169. The molecule has 1 saturated carbocycles. The van der Waals surface area contributed by atoms with Gasteiger partial charge in [-0.3, -0.25) is 4.79 Å². The maximum atomic E-state index is 12.5. The van der Waals surface area contributed by atoms with Crippen molar-refractivity contribution in [1.82, 2.24) is 10.2 Å². The number of hydrogen-bond acceptors (Lipinski definition) is 2. The average molecular weight is 321 g/mol. The van der Waals surface area contributed by atoms with Crippen molar-refractivity contribution in [2.24, 2.45) is 0 Å². The van der Waals surface area contributed by atoms with E-state index in [4.69, 9.17) is 0 Å². The van der Waals surface area contributed by atoms with E-state index in [1.165, 1.54) is 12.1 Å². The molecule has 116 valence electrons. The van der Waals surface area contributed by atoms with Crippen LogP contribution in [0.3, 0.4) is 0 Å². The number of halogens is 4. The number of hydrogen-bond donors (Lipinski definition) is 1. The highest BCUT2D eigenvalue weighted by Crippen LogP contribution is 2.43. The quantitative estimate of drug-likeness (QED) is 0.863. The van der Waals surface area contributed by atoms with Crippen molar-refractivity contribution >= 4 is 18.3 Å². The van der Waals surface area contributed by atoms with Crippen LogP contribution >= 0.6 is 12.4 Å². The van der Waals surface area contributed by atoms with E-state index in [1.54, 1.807) is 0 Å². The van der Waals surface area contributed by atoms with E-state index in [0.717, 1.165) is 38.1 Å². The van der Waals surface area contributed by atoms with E-state index in [1.807, 2.05) is 4.90 Å². The third-order valence-corrected chi connectivity index (χ3v) is 4.07. The summed E-state index contributed by atoms with van der Waals surface area (Å²) in [5.41, 5.74) is -0.500. The zero-order chi connectivity index (χ0) is 14.4. The summed E-state index contributed by atoms with van der Waals surface area (Å²) in [6, 6.07) is 4.47. The monoisotopic (exact) mass is 320 g/mol. The van der Waals surface area contributed by atoms with Crippen molar-refractivity contribution in [3.8, 4) is 0 Å². The highest BCUT2D eigenvalue weighted by molar-refractivity contribution is 5.95. The zero-order valence-corrected chi connectivity index (χ0v) is 12.1. The summed E-state index contributed by atoms with van der Waals surface area (Å²) in [4.78, 5) is 14.2. The highest BCUT2D eigenvalue weighted by Gasteiger charge is 2.51. The summed E-state index contributed by atoms with van der Waals surface area (Å²) >= 11 is 0. The van der Waals surface area contributed by atoms with E-state index in [0.29, 0.717) is 12.1 Å². The third-order valence-electron chi connectivity index (χ3n) is 4.07. The van der Waals surface area contributed by atoms with Crippen molar-refractivity contribution in [2.75, 3.05) is 19.6 Å². The number of carbonyl (C=O) groups is 1. The Morgan fingerprint density at radius 3 is 2.33 bits per heavy atom. The van der Waals surface area contributed by atoms with Gasteiger partial charge in [0.15, 0.2) is 0 Å². The molecule has 2 aliphatic rings. The van der Waals surface area contributed by atoms with Gasteiger partial charge in [0.2, 0.25) is 0 Å². The van der Waals surface area contributed by atoms with E-state index in [-0.39, 0.29) is 23.9 Å². The number of carbonyl (C=O) groups excluding carboxylic acids is 1. The molecule has 1 aliphatic heterocycles. The lowest BCUT2D eigenvalue weighted by molar-refractivity contribution is -0.137. The molecule has 0 aromatic heterocycles. The Kier molecular flexibility index (Phi) is 4.22. The summed E-state index contributed by atoms with van der Waals surface area (Å²) < 4.78 is 37.5. The molecule has 1 saturated heterocycles. The van der Waals surface area contributed by atoms with Crippen LogP contribution in [0.25, 0.3) is 0 Å². The number of piperazine rings is 1. The van der Waals surface area contributed by atoms with Crippen LogP contribution in [0.2, 0.25) is 0 Å². The van der Waals surface area contributed by atoms with E-state index in [9.17, 15) is 18.0 Å². The second-order valence-electron chi connectivity index (χ2n) is 5.43. The van der Waals surface area contributed by atoms with Gasteiger partial charge in [-0.15, -0.1) is 12.4 Å². The number of benzene rings is 1. The minimum atomic E-state index is -4.37. The number of rotatable bonds is 1. The lowest BCUT2D eigenvalue weighted by atomic mass is 10.1. The van der Waals surface area contributed by atoms with Gasteiger partial charge >= 0.3 is 6.18 Å². The molecular weight excluding hydrogens is 305 g/mol. The molecule has 1 spiro atoms. The number of nitrogens with zero attached hydrogens (tertiary/aromatic N) is 1. The smallest absolute Gasteiger partial charge is 0.330 e. The van der Waals surface area contributed by atoms with Gasteiger partial charge in [-0.2, -0.15) is 13.2 Å². The van der Waals surface area contributed by atoms with Crippen LogP contribution in [0.1, 0.15) is 28.8 Å². The molecule has 3 nitrogen and oxygen atoms in total. The Morgan fingerprint density at radius 2 is 1.81 bits per heavy atom. The predicted molar refractivity (Wildman–Crippen MR) is 74.6 cm³/mol. The van der Waals surface area contributed by atoms with Crippen LogP contribution in [0.4, 0.5) is 13.2 Å². The Bertz CT molecular complexity index is 526. The number of amides is 1. The minimum absolute atomic E-state index is 0. The van der Waals surface area contributed by atoms with Crippen LogP contribution in [0.5, 0.6) is 0 Å². The van der Waals surface area contributed by atoms with Gasteiger partial charge in [0.25, 0.3) is 5.91 Å². The average Bonchev–Trinajstić information content (AvgIpc) is 3.18. The van der Waals surface area contributed by atoms with E-state index < -0.39 is 11.7 Å². The second-order valence-corrected chi connectivity index (χ2v) is 5.43. The van der Waals surface area contributed by atoms with Crippen molar-refractivity contribution in [1.29, 1.82) is 0 Å². The lowest BCUT2D eigenvalue weighted by Crippen LogP contribution is -2.55. The number of nitrogens with one attached hydrogen (secondary N) is 1. The molecule has 1 aliphatic carbocycles. The molecule has 7 heteroatoms. The van der Waals surface area contributed by atoms with Crippen molar-refractivity contribution in [3.63, 3.8) is 0 Å². The van der Waals surface area contributed by atoms with Crippen LogP contribution < -0.4 is 5.32 Å². The summed E-state index contributed by atoms with van der Waals surface area (Å²) in [5, 5.41) is 3.26. The van der Waals surface area contributed by atoms with Gasteiger partial charge in [0.1, 0.15) is 0 Å². The fourth-order valence-corrected chi connectivity index (χ4v) is 2.71. The van der Waals surface area contributed by atoms with Gasteiger partial charge in [0, 0.05) is 25.2 Å². The zero-order valence-electron chi connectivity index (χ0n) is 11.2. The molecule has 2 fully saturated rings. The van der Waals surface area contributed by atoms with Crippen molar-refractivity contribution in [3.05, 3.63) is 35.4 Å². The van der Waals surface area contributed by atoms with Crippen LogP contribution in [-0.4, -0.2) is 36.0 Å². The highest BCUT2D eigenvalue weighted by atomic mass is 35.5.